The van der Waals surface area contributed by atoms with E-state index >= 15 is 0 Å². The Hall–Kier alpha value is -2.80. The molecule has 0 aromatic heterocycles. The van der Waals surface area contributed by atoms with Gasteiger partial charge in [0.15, 0.2) is 0 Å². The molecule has 1 fully saturated rings. The van der Waals surface area contributed by atoms with Gasteiger partial charge in [-0.25, -0.2) is 4.39 Å². The van der Waals surface area contributed by atoms with E-state index in [2.05, 4.69) is 4.90 Å². The molecule has 0 aliphatic carbocycles. The molecule has 1 amide bonds. The van der Waals surface area contributed by atoms with Gasteiger partial charge in [-0.1, -0.05) is 30.3 Å². The lowest BCUT2D eigenvalue weighted by atomic mass is 10.0. The van der Waals surface area contributed by atoms with Crippen molar-refractivity contribution in [1.29, 1.82) is 0 Å². The number of amides is 1. The maximum absolute atomic E-state index is 14.4. The van der Waals surface area contributed by atoms with E-state index < -0.39 is 16.6 Å². The molecular weight excluding hydrogens is 337 g/mol. The van der Waals surface area contributed by atoms with Crippen LogP contribution in [0.5, 0.6) is 0 Å². The molecule has 1 heterocycles. The van der Waals surface area contributed by atoms with E-state index in [-0.39, 0.29) is 22.9 Å². The lowest BCUT2D eigenvalue weighted by Crippen LogP contribution is -2.49. The SMILES string of the molecule is Cc1cc(C(=O)N2CCN(C)CC2c2ccccc2)c(F)cc1[N+](=O)[O-]. The van der Waals surface area contributed by atoms with Crippen molar-refractivity contribution in [3.63, 3.8) is 0 Å². The van der Waals surface area contributed by atoms with Crippen molar-refractivity contribution in [2.24, 2.45) is 0 Å². The zero-order valence-electron chi connectivity index (χ0n) is 14.7. The molecule has 1 aliphatic heterocycles. The number of likely N-dealkylation sites (N-methyl/N-ethyl adjacent to an activating group) is 1. The van der Waals surface area contributed by atoms with Crippen LogP contribution in [-0.2, 0) is 0 Å². The minimum Gasteiger partial charge on any atom is -0.329 e. The van der Waals surface area contributed by atoms with Crippen molar-refractivity contribution < 1.29 is 14.1 Å². The molecule has 0 N–H and O–H groups in total. The second-order valence-corrected chi connectivity index (χ2v) is 6.56. The highest BCUT2D eigenvalue weighted by Crippen LogP contribution is 2.29. The minimum atomic E-state index is -0.863. The topological polar surface area (TPSA) is 66.7 Å². The third-order valence-corrected chi connectivity index (χ3v) is 4.74. The van der Waals surface area contributed by atoms with Gasteiger partial charge in [0.1, 0.15) is 5.82 Å². The second kappa shape index (κ2) is 7.21. The first-order chi connectivity index (χ1) is 12.4. The van der Waals surface area contributed by atoms with Crippen molar-refractivity contribution in [3.05, 3.63) is 75.1 Å². The molecule has 1 saturated heterocycles. The summed E-state index contributed by atoms with van der Waals surface area (Å²) < 4.78 is 14.4. The van der Waals surface area contributed by atoms with E-state index in [9.17, 15) is 19.3 Å². The van der Waals surface area contributed by atoms with Gasteiger partial charge in [-0.15, -0.1) is 0 Å². The fourth-order valence-corrected chi connectivity index (χ4v) is 3.31. The van der Waals surface area contributed by atoms with Gasteiger partial charge in [-0.2, -0.15) is 0 Å². The number of halogens is 1. The number of nitro groups is 1. The maximum atomic E-state index is 14.4. The van der Waals surface area contributed by atoms with Gasteiger partial charge in [0.05, 0.1) is 22.6 Å². The van der Waals surface area contributed by atoms with Gasteiger partial charge in [-0.3, -0.25) is 14.9 Å². The normalized spacial score (nSPS) is 18.0. The van der Waals surface area contributed by atoms with Crippen LogP contribution in [0.15, 0.2) is 42.5 Å². The molecule has 1 atom stereocenters. The summed E-state index contributed by atoms with van der Waals surface area (Å²) in [5.74, 6) is -1.31. The lowest BCUT2D eigenvalue weighted by Gasteiger charge is -2.40. The average molecular weight is 357 g/mol. The Morgan fingerprint density at radius 3 is 2.58 bits per heavy atom. The zero-order chi connectivity index (χ0) is 18.8. The molecule has 0 saturated carbocycles. The molecule has 26 heavy (non-hydrogen) atoms. The molecule has 2 aromatic rings. The van der Waals surface area contributed by atoms with E-state index in [0.717, 1.165) is 11.6 Å². The fourth-order valence-electron chi connectivity index (χ4n) is 3.31. The van der Waals surface area contributed by atoms with Crippen molar-refractivity contribution >= 4 is 11.6 Å². The number of carbonyl (C=O) groups is 1. The van der Waals surface area contributed by atoms with Crippen molar-refractivity contribution in [3.8, 4) is 0 Å². The van der Waals surface area contributed by atoms with Gasteiger partial charge in [0.2, 0.25) is 0 Å². The Labute approximate surface area is 151 Å². The van der Waals surface area contributed by atoms with Crippen molar-refractivity contribution in [2.45, 2.75) is 13.0 Å². The molecule has 0 spiro atoms. The zero-order valence-corrected chi connectivity index (χ0v) is 14.7. The Bertz CT molecular complexity index is 841. The quantitative estimate of drug-likeness (QED) is 0.625. The number of nitro benzene ring substituents is 1. The first-order valence-corrected chi connectivity index (χ1v) is 8.37. The van der Waals surface area contributed by atoms with Gasteiger partial charge >= 0.3 is 0 Å². The highest BCUT2D eigenvalue weighted by Gasteiger charge is 2.32. The number of piperazine rings is 1. The summed E-state index contributed by atoms with van der Waals surface area (Å²) in [6.45, 7) is 3.30. The van der Waals surface area contributed by atoms with Gasteiger partial charge < -0.3 is 9.80 Å². The monoisotopic (exact) mass is 357 g/mol. The summed E-state index contributed by atoms with van der Waals surface area (Å²) in [4.78, 5) is 27.1. The average Bonchev–Trinajstić information content (AvgIpc) is 2.63. The van der Waals surface area contributed by atoms with E-state index in [1.165, 1.54) is 13.0 Å². The van der Waals surface area contributed by atoms with Crippen LogP contribution in [-0.4, -0.2) is 47.3 Å². The molecule has 6 nitrogen and oxygen atoms in total. The van der Waals surface area contributed by atoms with Crippen LogP contribution in [0.3, 0.4) is 0 Å². The van der Waals surface area contributed by atoms with Crippen LogP contribution in [0.1, 0.15) is 27.5 Å². The van der Waals surface area contributed by atoms with Crippen molar-refractivity contribution in [1.82, 2.24) is 9.80 Å². The van der Waals surface area contributed by atoms with Gasteiger partial charge in [-0.05, 0) is 25.6 Å². The largest absolute Gasteiger partial charge is 0.329 e. The van der Waals surface area contributed by atoms with Crippen LogP contribution in [0.4, 0.5) is 10.1 Å². The fraction of sp³-hybridized carbons (Fsp3) is 0.316. The van der Waals surface area contributed by atoms with Crippen molar-refractivity contribution in [2.75, 3.05) is 26.7 Å². The highest BCUT2D eigenvalue weighted by atomic mass is 19.1. The third-order valence-electron chi connectivity index (χ3n) is 4.74. The third kappa shape index (κ3) is 3.43. The Balaban J connectivity index is 1.97. The van der Waals surface area contributed by atoms with Crippen LogP contribution in [0.25, 0.3) is 0 Å². The molecule has 3 rings (SSSR count). The molecule has 2 aromatic carbocycles. The van der Waals surface area contributed by atoms with Gasteiger partial charge in [0, 0.05) is 25.2 Å². The van der Waals surface area contributed by atoms with E-state index in [4.69, 9.17) is 0 Å². The number of benzene rings is 2. The molecule has 7 heteroatoms. The van der Waals surface area contributed by atoms with Crippen LogP contribution >= 0.6 is 0 Å². The number of hydrogen-bond donors (Lipinski definition) is 0. The lowest BCUT2D eigenvalue weighted by molar-refractivity contribution is -0.385. The second-order valence-electron chi connectivity index (χ2n) is 6.56. The van der Waals surface area contributed by atoms with Gasteiger partial charge in [0.25, 0.3) is 11.6 Å². The Morgan fingerprint density at radius 1 is 1.23 bits per heavy atom. The number of nitrogens with zero attached hydrogens (tertiary/aromatic N) is 3. The highest BCUT2D eigenvalue weighted by molar-refractivity contribution is 5.95. The number of carbonyl (C=O) groups excluding carboxylic acids is 1. The number of aryl methyl sites for hydroxylation is 1. The first-order valence-electron chi connectivity index (χ1n) is 8.37. The summed E-state index contributed by atoms with van der Waals surface area (Å²) in [5, 5.41) is 11.0. The summed E-state index contributed by atoms with van der Waals surface area (Å²) >= 11 is 0. The first kappa shape index (κ1) is 18.0. The molecule has 136 valence electrons. The predicted octanol–water partition coefficient (Wildman–Crippen LogP) is 3.17. The van der Waals surface area contributed by atoms with E-state index in [1.54, 1.807) is 4.90 Å². The minimum absolute atomic E-state index is 0.126. The van der Waals surface area contributed by atoms with Crippen LogP contribution < -0.4 is 0 Å². The molecule has 1 unspecified atom stereocenters. The summed E-state index contributed by atoms with van der Waals surface area (Å²) in [5.41, 5.74) is 0.798. The Morgan fingerprint density at radius 2 is 1.92 bits per heavy atom. The summed E-state index contributed by atoms with van der Waals surface area (Å²) in [6.07, 6.45) is 0. The Kier molecular flexibility index (Phi) is 4.99. The maximum Gasteiger partial charge on any atom is 0.275 e. The number of rotatable bonds is 3. The summed E-state index contributed by atoms with van der Waals surface area (Å²) in [7, 11) is 1.98. The molecular formula is C19H20FN3O3. The summed E-state index contributed by atoms with van der Waals surface area (Å²) in [6, 6.07) is 11.5. The smallest absolute Gasteiger partial charge is 0.275 e. The molecule has 0 radical (unpaired) electrons. The molecule has 1 aliphatic rings. The molecule has 0 bridgehead atoms. The van der Waals surface area contributed by atoms with E-state index in [0.29, 0.717) is 19.6 Å². The number of hydrogen-bond acceptors (Lipinski definition) is 4. The van der Waals surface area contributed by atoms with E-state index in [1.807, 2.05) is 37.4 Å². The van der Waals surface area contributed by atoms with Crippen LogP contribution in [0, 0.1) is 22.9 Å². The predicted molar refractivity (Wildman–Crippen MR) is 95.5 cm³/mol. The van der Waals surface area contributed by atoms with Crippen LogP contribution in [0.2, 0.25) is 0 Å². The standard InChI is InChI=1S/C19H20FN3O3/c1-13-10-15(16(20)11-17(13)23(25)26)19(24)22-9-8-21(2)12-18(22)14-6-4-3-5-7-14/h3-7,10-11,18H,8-9,12H2,1-2H3.